The van der Waals surface area contributed by atoms with Crippen LogP contribution in [0.1, 0.15) is 25.8 Å². The van der Waals surface area contributed by atoms with Crippen LogP contribution < -0.4 is 14.8 Å². The van der Waals surface area contributed by atoms with Gasteiger partial charge in [0.15, 0.2) is 0 Å². The molecule has 0 bridgehead atoms. The van der Waals surface area contributed by atoms with Gasteiger partial charge in [0, 0.05) is 17.9 Å². The lowest BCUT2D eigenvalue weighted by molar-refractivity contribution is 0.312. The largest absolute Gasteiger partial charge is 0.497 e. The molecule has 1 rings (SSSR count). The second-order valence-corrected chi connectivity index (χ2v) is 7.17. The summed E-state index contributed by atoms with van der Waals surface area (Å²) in [5.41, 5.74) is 1.01. The number of nitrogens with one attached hydrogen (secondary N) is 1. The van der Waals surface area contributed by atoms with Crippen molar-refractivity contribution in [2.24, 2.45) is 0 Å². The molecule has 1 aromatic rings. The highest BCUT2D eigenvalue weighted by Crippen LogP contribution is 2.24. The molecule has 5 nitrogen and oxygen atoms in total. The summed E-state index contributed by atoms with van der Waals surface area (Å²) in [5, 5.41) is 3.25. The topological polar surface area (TPSA) is 64.6 Å². The first-order valence-electron chi connectivity index (χ1n) is 7.23. The van der Waals surface area contributed by atoms with Crippen molar-refractivity contribution in [3.63, 3.8) is 0 Å². The minimum atomic E-state index is -2.92. The highest BCUT2D eigenvalue weighted by atomic mass is 32.2. The molecule has 1 aromatic carbocycles. The molecule has 0 radical (unpaired) electrons. The molecule has 21 heavy (non-hydrogen) atoms. The minimum absolute atomic E-state index is 0.169. The molecule has 0 amide bonds. The standard InChI is InChI=1S/C15H25NO4S/c1-4-16-12-13-11-14(19-3)7-8-15(13)20-9-6-10-21(17,18)5-2/h7-8,11,16H,4-6,9-10,12H2,1-3H3. The maximum atomic E-state index is 11.4. The van der Waals surface area contributed by atoms with Crippen molar-refractivity contribution in [2.45, 2.75) is 26.8 Å². The van der Waals surface area contributed by atoms with Crippen LogP contribution in [0.4, 0.5) is 0 Å². The monoisotopic (exact) mass is 315 g/mol. The van der Waals surface area contributed by atoms with Crippen LogP contribution in [0.2, 0.25) is 0 Å². The third kappa shape index (κ3) is 6.35. The third-order valence-corrected chi connectivity index (χ3v) is 4.92. The van der Waals surface area contributed by atoms with Gasteiger partial charge in [0.05, 0.1) is 19.5 Å². The molecular weight excluding hydrogens is 290 g/mol. The molecule has 0 aliphatic carbocycles. The number of hydrogen-bond donors (Lipinski definition) is 1. The zero-order valence-electron chi connectivity index (χ0n) is 13.0. The van der Waals surface area contributed by atoms with Crippen molar-refractivity contribution in [3.05, 3.63) is 23.8 Å². The van der Waals surface area contributed by atoms with Gasteiger partial charge < -0.3 is 14.8 Å². The summed E-state index contributed by atoms with van der Waals surface area (Å²) in [6, 6.07) is 5.63. The average molecular weight is 315 g/mol. The minimum Gasteiger partial charge on any atom is -0.497 e. The van der Waals surface area contributed by atoms with E-state index in [1.165, 1.54) is 0 Å². The SMILES string of the molecule is CCNCc1cc(OC)ccc1OCCCS(=O)(=O)CC. The van der Waals surface area contributed by atoms with Gasteiger partial charge in [-0.1, -0.05) is 13.8 Å². The van der Waals surface area contributed by atoms with Crippen molar-refractivity contribution in [1.29, 1.82) is 0 Å². The van der Waals surface area contributed by atoms with Gasteiger partial charge in [0.1, 0.15) is 21.3 Å². The number of benzene rings is 1. The molecule has 6 heteroatoms. The Morgan fingerprint density at radius 2 is 2.00 bits per heavy atom. The van der Waals surface area contributed by atoms with E-state index in [0.29, 0.717) is 19.6 Å². The van der Waals surface area contributed by atoms with E-state index in [1.807, 2.05) is 25.1 Å². The van der Waals surface area contributed by atoms with E-state index in [1.54, 1.807) is 14.0 Å². The maximum Gasteiger partial charge on any atom is 0.150 e. The quantitative estimate of drug-likeness (QED) is 0.669. The number of methoxy groups -OCH3 is 1. The summed E-state index contributed by atoms with van der Waals surface area (Å²) in [6.45, 7) is 5.65. The average Bonchev–Trinajstić information content (AvgIpc) is 2.50. The van der Waals surface area contributed by atoms with Crippen LogP contribution in [0.25, 0.3) is 0 Å². The predicted molar refractivity (Wildman–Crippen MR) is 84.8 cm³/mol. The summed E-state index contributed by atoms with van der Waals surface area (Å²) in [4.78, 5) is 0. The zero-order valence-corrected chi connectivity index (χ0v) is 13.8. The number of rotatable bonds is 10. The van der Waals surface area contributed by atoms with Gasteiger partial charge in [-0.05, 0) is 31.2 Å². The van der Waals surface area contributed by atoms with E-state index in [0.717, 1.165) is 23.6 Å². The van der Waals surface area contributed by atoms with Crippen LogP contribution in [0, 0.1) is 0 Å². The Kier molecular flexibility index (Phi) is 7.53. The Bertz CT molecular complexity index is 528. The zero-order chi connectivity index (χ0) is 15.7. The van der Waals surface area contributed by atoms with Crippen molar-refractivity contribution in [1.82, 2.24) is 5.32 Å². The third-order valence-electron chi connectivity index (χ3n) is 3.13. The van der Waals surface area contributed by atoms with Gasteiger partial charge in [-0.15, -0.1) is 0 Å². The van der Waals surface area contributed by atoms with Crippen LogP contribution in [-0.4, -0.2) is 40.2 Å². The van der Waals surface area contributed by atoms with E-state index in [9.17, 15) is 8.42 Å². The fraction of sp³-hybridized carbons (Fsp3) is 0.600. The second-order valence-electron chi connectivity index (χ2n) is 4.69. The maximum absolute atomic E-state index is 11.4. The second kappa shape index (κ2) is 8.89. The molecule has 0 atom stereocenters. The smallest absolute Gasteiger partial charge is 0.150 e. The molecule has 0 saturated carbocycles. The van der Waals surface area contributed by atoms with Crippen LogP contribution in [0.5, 0.6) is 11.5 Å². The highest BCUT2D eigenvalue weighted by Gasteiger charge is 2.09. The van der Waals surface area contributed by atoms with Gasteiger partial charge in [-0.3, -0.25) is 0 Å². The van der Waals surface area contributed by atoms with Crippen LogP contribution >= 0.6 is 0 Å². The summed E-state index contributed by atoms with van der Waals surface area (Å²) >= 11 is 0. The molecule has 0 spiro atoms. The van der Waals surface area contributed by atoms with E-state index in [4.69, 9.17) is 9.47 Å². The highest BCUT2D eigenvalue weighted by molar-refractivity contribution is 7.91. The first-order valence-corrected chi connectivity index (χ1v) is 9.05. The molecule has 0 aliphatic heterocycles. The van der Waals surface area contributed by atoms with Crippen molar-refractivity contribution in [3.8, 4) is 11.5 Å². The Morgan fingerprint density at radius 1 is 1.24 bits per heavy atom. The Labute approximate surface area is 127 Å². The molecule has 0 aromatic heterocycles. The Balaban J connectivity index is 2.60. The molecule has 0 heterocycles. The summed E-state index contributed by atoms with van der Waals surface area (Å²) < 4.78 is 33.8. The predicted octanol–water partition coefficient (Wildman–Crippen LogP) is 2.01. The summed E-state index contributed by atoms with van der Waals surface area (Å²) in [6.07, 6.45) is 0.503. The van der Waals surface area contributed by atoms with Crippen LogP contribution in [0.15, 0.2) is 18.2 Å². The van der Waals surface area contributed by atoms with Gasteiger partial charge in [-0.25, -0.2) is 8.42 Å². The molecule has 0 saturated heterocycles. The lowest BCUT2D eigenvalue weighted by Crippen LogP contribution is -2.14. The molecular formula is C15H25NO4S. The normalized spacial score (nSPS) is 11.4. The number of ether oxygens (including phenoxy) is 2. The van der Waals surface area contributed by atoms with Gasteiger partial charge in [0.25, 0.3) is 0 Å². The van der Waals surface area contributed by atoms with Crippen molar-refractivity contribution < 1.29 is 17.9 Å². The van der Waals surface area contributed by atoms with Gasteiger partial charge >= 0.3 is 0 Å². The summed E-state index contributed by atoms with van der Waals surface area (Å²) in [5.74, 6) is 1.90. The number of sulfone groups is 1. The lowest BCUT2D eigenvalue weighted by atomic mass is 10.2. The first kappa shape index (κ1) is 17.8. The fourth-order valence-electron chi connectivity index (χ4n) is 1.83. The molecule has 120 valence electrons. The molecule has 1 N–H and O–H groups in total. The summed E-state index contributed by atoms with van der Waals surface area (Å²) in [7, 11) is -1.29. The van der Waals surface area contributed by atoms with Crippen LogP contribution in [0.3, 0.4) is 0 Å². The fourth-order valence-corrected chi connectivity index (χ4v) is 2.67. The van der Waals surface area contributed by atoms with Crippen molar-refractivity contribution >= 4 is 9.84 Å². The van der Waals surface area contributed by atoms with E-state index in [2.05, 4.69) is 5.32 Å². The lowest BCUT2D eigenvalue weighted by Gasteiger charge is -2.13. The molecule has 0 aliphatic rings. The van der Waals surface area contributed by atoms with E-state index < -0.39 is 9.84 Å². The molecule has 0 fully saturated rings. The van der Waals surface area contributed by atoms with Gasteiger partial charge in [-0.2, -0.15) is 0 Å². The van der Waals surface area contributed by atoms with Crippen molar-refractivity contribution in [2.75, 3.05) is 31.8 Å². The van der Waals surface area contributed by atoms with E-state index in [-0.39, 0.29) is 11.5 Å². The Hall–Kier alpha value is -1.27. The first-order chi connectivity index (χ1) is 10.0. The van der Waals surface area contributed by atoms with E-state index >= 15 is 0 Å². The Morgan fingerprint density at radius 3 is 2.62 bits per heavy atom. The number of hydrogen-bond acceptors (Lipinski definition) is 5. The van der Waals surface area contributed by atoms with Crippen LogP contribution in [-0.2, 0) is 16.4 Å². The van der Waals surface area contributed by atoms with Gasteiger partial charge in [0.2, 0.25) is 0 Å². The molecule has 0 unspecified atom stereocenters.